The topological polar surface area (TPSA) is 35.5 Å². The number of aliphatic hydroxyl groups is 1. The molecule has 2 N–H and O–H groups in total. The van der Waals surface area contributed by atoms with E-state index in [4.69, 9.17) is 0 Å². The molecule has 0 radical (unpaired) electrons. The van der Waals surface area contributed by atoms with Gasteiger partial charge in [-0.15, -0.1) is 11.3 Å². The van der Waals surface area contributed by atoms with Crippen LogP contribution in [0, 0.1) is 0 Å². The van der Waals surface area contributed by atoms with Crippen LogP contribution in [-0.4, -0.2) is 42.3 Å². The quantitative estimate of drug-likeness (QED) is 0.832. The third-order valence-corrected chi connectivity index (χ3v) is 3.96. The molecule has 2 heterocycles. The predicted molar refractivity (Wildman–Crippen MR) is 67.7 cm³/mol. The highest BCUT2D eigenvalue weighted by Gasteiger charge is 2.31. The second-order valence-corrected chi connectivity index (χ2v) is 5.78. The number of likely N-dealkylation sites (N-methyl/N-ethyl adjacent to an activating group) is 1. The monoisotopic (exact) mass is 240 g/mol. The molecule has 2 rings (SSSR count). The largest absolute Gasteiger partial charge is 0.387 e. The molecule has 1 aromatic heterocycles. The van der Waals surface area contributed by atoms with Crippen LogP contribution >= 0.6 is 11.3 Å². The van der Waals surface area contributed by atoms with Crippen molar-refractivity contribution in [3.63, 3.8) is 0 Å². The van der Waals surface area contributed by atoms with Gasteiger partial charge in [0.2, 0.25) is 0 Å². The van der Waals surface area contributed by atoms with Gasteiger partial charge in [-0.2, -0.15) is 0 Å². The van der Waals surface area contributed by atoms with Gasteiger partial charge in [-0.05, 0) is 37.9 Å². The van der Waals surface area contributed by atoms with Gasteiger partial charge in [0.25, 0.3) is 0 Å². The summed E-state index contributed by atoms with van der Waals surface area (Å²) in [6.07, 6.45) is 2.00. The zero-order chi connectivity index (χ0) is 11.4. The Balaban J connectivity index is 1.76. The van der Waals surface area contributed by atoms with E-state index in [9.17, 15) is 5.11 Å². The first-order valence-corrected chi connectivity index (χ1v) is 6.70. The van der Waals surface area contributed by atoms with E-state index in [-0.39, 0.29) is 0 Å². The Hall–Kier alpha value is -0.420. The number of hydrogen-bond donors (Lipinski definition) is 2. The molecule has 0 amide bonds. The normalized spacial score (nSPS) is 27.1. The van der Waals surface area contributed by atoms with E-state index in [2.05, 4.69) is 34.8 Å². The maximum atomic E-state index is 10.4. The van der Waals surface area contributed by atoms with E-state index in [1.165, 1.54) is 4.88 Å². The molecule has 0 aromatic carbocycles. The summed E-state index contributed by atoms with van der Waals surface area (Å²) in [5.41, 5.74) is -0.537. The van der Waals surface area contributed by atoms with Crippen LogP contribution in [-0.2, 0) is 6.54 Å². The summed E-state index contributed by atoms with van der Waals surface area (Å²) in [7, 11) is 2.07. The number of nitrogens with zero attached hydrogens (tertiary/aromatic N) is 1. The summed E-state index contributed by atoms with van der Waals surface area (Å²) in [5.74, 6) is 0. The van der Waals surface area contributed by atoms with Crippen molar-refractivity contribution >= 4 is 11.3 Å². The molecule has 1 aromatic rings. The third kappa shape index (κ3) is 3.28. The van der Waals surface area contributed by atoms with Crippen molar-refractivity contribution in [2.75, 3.05) is 26.7 Å². The van der Waals surface area contributed by atoms with Crippen LogP contribution in [0.1, 0.15) is 17.7 Å². The summed E-state index contributed by atoms with van der Waals surface area (Å²) < 4.78 is 0. The maximum Gasteiger partial charge on any atom is 0.0898 e. The van der Waals surface area contributed by atoms with Crippen LogP contribution in [0.4, 0.5) is 0 Å². The van der Waals surface area contributed by atoms with Gasteiger partial charge in [0, 0.05) is 24.5 Å². The number of rotatable bonds is 4. The molecule has 1 atom stereocenters. The molecule has 1 aliphatic rings. The fraction of sp³-hybridized carbons (Fsp3) is 0.667. The van der Waals surface area contributed by atoms with Crippen molar-refractivity contribution < 1.29 is 5.11 Å². The van der Waals surface area contributed by atoms with Crippen LogP contribution in [0.2, 0.25) is 0 Å². The summed E-state index contributed by atoms with van der Waals surface area (Å²) in [6, 6.07) is 4.18. The highest BCUT2D eigenvalue weighted by Crippen LogP contribution is 2.19. The lowest BCUT2D eigenvalue weighted by atomic mass is 9.93. The molecule has 1 saturated heterocycles. The van der Waals surface area contributed by atoms with Crippen molar-refractivity contribution in [3.8, 4) is 0 Å². The molecule has 4 heteroatoms. The SMILES string of the molecule is CN1CCC[C@@](O)(CNCc2cccs2)C1. The molecule has 0 spiro atoms. The lowest BCUT2D eigenvalue weighted by Gasteiger charge is -2.37. The summed E-state index contributed by atoms with van der Waals surface area (Å²) >= 11 is 1.75. The van der Waals surface area contributed by atoms with Gasteiger partial charge in [0.15, 0.2) is 0 Å². The van der Waals surface area contributed by atoms with Gasteiger partial charge in [0.05, 0.1) is 5.60 Å². The first-order chi connectivity index (χ1) is 7.68. The van der Waals surface area contributed by atoms with Gasteiger partial charge in [0.1, 0.15) is 0 Å². The van der Waals surface area contributed by atoms with Gasteiger partial charge < -0.3 is 15.3 Å². The second kappa shape index (κ2) is 5.27. The second-order valence-electron chi connectivity index (χ2n) is 4.75. The average molecular weight is 240 g/mol. The zero-order valence-electron chi connectivity index (χ0n) is 9.78. The highest BCUT2D eigenvalue weighted by molar-refractivity contribution is 7.09. The smallest absolute Gasteiger partial charge is 0.0898 e. The number of likely N-dealkylation sites (tertiary alicyclic amines) is 1. The average Bonchev–Trinajstić information content (AvgIpc) is 2.69. The Bertz CT molecular complexity index is 315. The highest BCUT2D eigenvalue weighted by atomic mass is 32.1. The molecule has 90 valence electrons. The Labute approximate surface area is 101 Å². The Morgan fingerprint density at radius 2 is 2.50 bits per heavy atom. The van der Waals surface area contributed by atoms with Crippen LogP contribution in [0.5, 0.6) is 0 Å². The van der Waals surface area contributed by atoms with Crippen molar-refractivity contribution in [1.82, 2.24) is 10.2 Å². The first-order valence-electron chi connectivity index (χ1n) is 5.82. The van der Waals surface area contributed by atoms with Gasteiger partial charge >= 0.3 is 0 Å². The molecule has 0 aliphatic carbocycles. The maximum absolute atomic E-state index is 10.4. The Morgan fingerprint density at radius 3 is 3.19 bits per heavy atom. The molecule has 1 fully saturated rings. The number of thiophene rings is 1. The molecular formula is C12H20N2OS. The molecule has 0 bridgehead atoms. The van der Waals surface area contributed by atoms with Crippen LogP contribution in [0.15, 0.2) is 17.5 Å². The lowest BCUT2D eigenvalue weighted by Crippen LogP contribution is -2.52. The van der Waals surface area contributed by atoms with E-state index in [1.807, 2.05) is 0 Å². The fourth-order valence-electron chi connectivity index (χ4n) is 2.31. The molecule has 16 heavy (non-hydrogen) atoms. The van der Waals surface area contributed by atoms with Gasteiger partial charge in [-0.1, -0.05) is 6.07 Å². The van der Waals surface area contributed by atoms with Crippen LogP contribution in [0.3, 0.4) is 0 Å². The van der Waals surface area contributed by atoms with E-state index >= 15 is 0 Å². The van der Waals surface area contributed by atoms with Crippen molar-refractivity contribution in [1.29, 1.82) is 0 Å². The molecule has 3 nitrogen and oxygen atoms in total. The standard InChI is InChI=1S/C12H20N2OS/c1-14-6-3-5-12(15,10-14)9-13-8-11-4-2-7-16-11/h2,4,7,13,15H,3,5-6,8-10H2,1H3/t12-/m1/s1. The number of piperidine rings is 1. The van der Waals surface area contributed by atoms with E-state index in [1.54, 1.807) is 11.3 Å². The van der Waals surface area contributed by atoms with Crippen molar-refractivity contribution in [2.45, 2.75) is 25.0 Å². The Kier molecular flexibility index (Phi) is 3.97. The minimum absolute atomic E-state index is 0.537. The van der Waals surface area contributed by atoms with Crippen LogP contribution in [0.25, 0.3) is 0 Å². The minimum atomic E-state index is -0.537. The minimum Gasteiger partial charge on any atom is -0.387 e. The summed E-state index contributed by atoms with van der Waals surface area (Å²) in [5, 5.41) is 15.8. The third-order valence-electron chi connectivity index (χ3n) is 3.08. The van der Waals surface area contributed by atoms with E-state index in [0.29, 0.717) is 6.54 Å². The van der Waals surface area contributed by atoms with E-state index < -0.39 is 5.60 Å². The van der Waals surface area contributed by atoms with Crippen LogP contribution < -0.4 is 5.32 Å². The first kappa shape index (κ1) is 12.0. The number of nitrogens with one attached hydrogen (secondary N) is 1. The molecule has 0 unspecified atom stereocenters. The van der Waals surface area contributed by atoms with E-state index in [0.717, 1.165) is 32.5 Å². The van der Waals surface area contributed by atoms with Gasteiger partial charge in [-0.3, -0.25) is 0 Å². The lowest BCUT2D eigenvalue weighted by molar-refractivity contribution is -0.0217. The predicted octanol–water partition coefficient (Wildman–Crippen LogP) is 1.29. The number of β-amino-alcohol motifs (C(OH)–C–C–N with tert-alkyl or cyclic N) is 1. The Morgan fingerprint density at radius 1 is 1.62 bits per heavy atom. The summed E-state index contributed by atoms with van der Waals surface area (Å²) in [4.78, 5) is 3.53. The van der Waals surface area contributed by atoms with Crippen molar-refractivity contribution in [3.05, 3.63) is 22.4 Å². The molecular weight excluding hydrogens is 220 g/mol. The summed E-state index contributed by atoms with van der Waals surface area (Å²) in [6.45, 7) is 3.44. The molecule has 1 aliphatic heterocycles. The molecule has 0 saturated carbocycles. The van der Waals surface area contributed by atoms with Gasteiger partial charge in [-0.25, -0.2) is 0 Å². The fourth-order valence-corrected chi connectivity index (χ4v) is 2.99. The number of hydrogen-bond acceptors (Lipinski definition) is 4. The zero-order valence-corrected chi connectivity index (χ0v) is 10.6. The van der Waals surface area contributed by atoms with Crippen molar-refractivity contribution in [2.24, 2.45) is 0 Å².